The predicted octanol–water partition coefficient (Wildman–Crippen LogP) is 2.37. The summed E-state index contributed by atoms with van der Waals surface area (Å²) < 4.78 is 0. The lowest BCUT2D eigenvalue weighted by Gasteiger charge is -2.18. The van der Waals surface area contributed by atoms with Crippen molar-refractivity contribution in [2.24, 2.45) is 17.2 Å². The van der Waals surface area contributed by atoms with Gasteiger partial charge >= 0.3 is 0 Å². The van der Waals surface area contributed by atoms with E-state index in [1.807, 2.05) is 31.2 Å². The highest BCUT2D eigenvalue weighted by atomic mass is 14.9. The van der Waals surface area contributed by atoms with Crippen LogP contribution in [0.5, 0.6) is 0 Å². The third-order valence-corrected chi connectivity index (χ3v) is 2.94. The molecule has 4 heteroatoms. The lowest BCUT2D eigenvalue weighted by molar-refractivity contribution is 0.653. The molecule has 0 aromatic heterocycles. The average Bonchev–Trinajstić information content (AvgIpc) is 2.52. The summed E-state index contributed by atoms with van der Waals surface area (Å²) in [6.07, 6.45) is 17.1. The van der Waals surface area contributed by atoms with Crippen molar-refractivity contribution in [2.45, 2.75) is 19.4 Å². The van der Waals surface area contributed by atoms with Crippen LogP contribution in [0.1, 0.15) is 13.3 Å². The van der Waals surface area contributed by atoms with Gasteiger partial charge in [-0.25, -0.2) is 0 Å². The van der Waals surface area contributed by atoms with Crippen molar-refractivity contribution in [3.63, 3.8) is 0 Å². The molecule has 0 heterocycles. The smallest absolute Gasteiger partial charge is 0.0524 e. The minimum absolute atomic E-state index is 0.105. The molecule has 4 nitrogen and oxygen atoms in total. The third kappa shape index (κ3) is 7.97. The Morgan fingerprint density at radius 1 is 1.27 bits per heavy atom. The van der Waals surface area contributed by atoms with Crippen molar-refractivity contribution < 1.29 is 0 Å². The largest absolute Gasteiger partial charge is 0.405 e. The molecular weight excluding hydrogens is 272 g/mol. The zero-order valence-electron chi connectivity index (χ0n) is 13.3. The summed E-state index contributed by atoms with van der Waals surface area (Å²) in [6, 6.07) is -0.105. The zero-order chi connectivity index (χ0) is 16.8. The number of rotatable bonds is 10. The van der Waals surface area contributed by atoms with Crippen LogP contribution in [0.15, 0.2) is 84.9 Å². The molecule has 22 heavy (non-hydrogen) atoms. The fourth-order valence-electron chi connectivity index (χ4n) is 1.79. The molecule has 1 unspecified atom stereocenters. The van der Waals surface area contributed by atoms with Gasteiger partial charge < -0.3 is 22.5 Å². The van der Waals surface area contributed by atoms with Crippen molar-refractivity contribution in [3.8, 4) is 0 Å². The summed E-state index contributed by atoms with van der Waals surface area (Å²) in [7, 11) is 0. The van der Waals surface area contributed by atoms with Gasteiger partial charge in [0.15, 0.2) is 0 Å². The molecule has 0 rings (SSSR count). The summed E-state index contributed by atoms with van der Waals surface area (Å²) in [5.41, 5.74) is 19.0. The van der Waals surface area contributed by atoms with E-state index in [4.69, 9.17) is 17.2 Å². The molecule has 0 aromatic rings. The molecule has 0 amide bonds. The van der Waals surface area contributed by atoms with E-state index in [0.717, 1.165) is 18.5 Å². The van der Waals surface area contributed by atoms with Crippen molar-refractivity contribution >= 4 is 0 Å². The van der Waals surface area contributed by atoms with Crippen LogP contribution in [0, 0.1) is 0 Å². The van der Waals surface area contributed by atoms with E-state index >= 15 is 0 Å². The van der Waals surface area contributed by atoms with Crippen LogP contribution in [-0.2, 0) is 0 Å². The SMILES string of the molecule is C=C/C=C(\C=C/C)CCNC(/C=C\C=C\N)C(=C)/C(N)=C\N. The molecular formula is C18H28N4. The molecule has 0 saturated carbocycles. The highest BCUT2D eigenvalue weighted by molar-refractivity contribution is 5.34. The molecule has 0 saturated heterocycles. The van der Waals surface area contributed by atoms with Crippen LogP contribution >= 0.6 is 0 Å². The summed E-state index contributed by atoms with van der Waals surface area (Å²) in [5.74, 6) is 0. The Labute approximate surface area is 134 Å². The number of hydrogen-bond donors (Lipinski definition) is 4. The number of nitrogens with one attached hydrogen (secondary N) is 1. The molecule has 120 valence electrons. The fourth-order valence-corrected chi connectivity index (χ4v) is 1.79. The highest BCUT2D eigenvalue weighted by Crippen LogP contribution is 2.10. The van der Waals surface area contributed by atoms with Crippen molar-refractivity contribution in [1.82, 2.24) is 5.32 Å². The molecule has 7 N–H and O–H groups in total. The monoisotopic (exact) mass is 300 g/mol. The van der Waals surface area contributed by atoms with Crippen LogP contribution in [0.4, 0.5) is 0 Å². The standard InChI is InChI=1S/C18H28N4/c1-4-8-16(9-5-2)11-13-22-18(10-6-7-12-19)15(3)17(21)14-20/h4-10,12,14,18,22H,1,3,11,13,19-21H2,2H3/b9-5-,10-6-,12-7+,16-8+,17-14+. The summed E-state index contributed by atoms with van der Waals surface area (Å²) in [5, 5.41) is 3.39. The minimum Gasteiger partial charge on any atom is -0.405 e. The third-order valence-electron chi connectivity index (χ3n) is 2.94. The Hall–Kier alpha value is -2.46. The van der Waals surface area contributed by atoms with Gasteiger partial charge in [-0.05, 0) is 36.8 Å². The molecule has 0 aliphatic rings. The Kier molecular flexibility index (Phi) is 10.9. The Bertz CT molecular complexity index is 493. The second-order valence-corrected chi connectivity index (χ2v) is 4.58. The maximum absolute atomic E-state index is 5.83. The lowest BCUT2D eigenvalue weighted by Crippen LogP contribution is -2.32. The first kappa shape index (κ1) is 19.5. The summed E-state index contributed by atoms with van der Waals surface area (Å²) in [4.78, 5) is 0. The molecule has 0 aliphatic heterocycles. The maximum Gasteiger partial charge on any atom is 0.0524 e. The Morgan fingerprint density at radius 2 is 2.00 bits per heavy atom. The lowest BCUT2D eigenvalue weighted by atomic mass is 10.0. The van der Waals surface area contributed by atoms with E-state index in [0.29, 0.717) is 5.70 Å². The first-order chi connectivity index (χ1) is 10.6. The summed E-state index contributed by atoms with van der Waals surface area (Å²) in [6.45, 7) is 10.5. The van der Waals surface area contributed by atoms with E-state index in [9.17, 15) is 0 Å². The first-order valence-corrected chi connectivity index (χ1v) is 7.19. The Balaban J connectivity index is 4.81. The van der Waals surface area contributed by atoms with Crippen LogP contribution in [0.25, 0.3) is 0 Å². The number of hydrogen-bond acceptors (Lipinski definition) is 4. The molecule has 0 spiro atoms. The molecule has 0 radical (unpaired) electrons. The minimum atomic E-state index is -0.105. The van der Waals surface area contributed by atoms with Crippen molar-refractivity contribution in [1.29, 1.82) is 0 Å². The molecule has 0 bridgehead atoms. The molecule has 0 aromatic carbocycles. The van der Waals surface area contributed by atoms with Gasteiger partial charge in [0, 0.05) is 12.7 Å². The number of allylic oxidation sites excluding steroid dienone is 6. The molecule has 0 fully saturated rings. The van der Waals surface area contributed by atoms with Crippen LogP contribution in [0.2, 0.25) is 0 Å². The van der Waals surface area contributed by atoms with Gasteiger partial charge in [-0.15, -0.1) is 0 Å². The fraction of sp³-hybridized carbons (Fsp3) is 0.222. The quantitative estimate of drug-likeness (QED) is 0.466. The number of nitrogens with two attached hydrogens (primary N) is 3. The van der Waals surface area contributed by atoms with Gasteiger partial charge in [-0.2, -0.15) is 0 Å². The second kappa shape index (κ2) is 12.3. The van der Waals surface area contributed by atoms with Crippen molar-refractivity contribution in [2.75, 3.05) is 6.54 Å². The summed E-state index contributed by atoms with van der Waals surface area (Å²) >= 11 is 0. The topological polar surface area (TPSA) is 90.1 Å². The van der Waals surface area contributed by atoms with Crippen molar-refractivity contribution in [3.05, 3.63) is 84.9 Å². The average molecular weight is 300 g/mol. The van der Waals surface area contributed by atoms with E-state index in [1.165, 1.54) is 18.0 Å². The van der Waals surface area contributed by atoms with Crippen LogP contribution in [0.3, 0.4) is 0 Å². The zero-order valence-corrected chi connectivity index (χ0v) is 13.3. The maximum atomic E-state index is 5.83. The van der Waals surface area contributed by atoms with Crippen LogP contribution < -0.4 is 22.5 Å². The predicted molar refractivity (Wildman–Crippen MR) is 97.6 cm³/mol. The molecule has 1 atom stereocenters. The van der Waals surface area contributed by atoms with E-state index in [2.05, 4.69) is 24.6 Å². The second-order valence-electron chi connectivity index (χ2n) is 4.58. The van der Waals surface area contributed by atoms with Gasteiger partial charge in [-0.3, -0.25) is 0 Å². The van der Waals surface area contributed by atoms with Gasteiger partial charge in [0.1, 0.15) is 0 Å². The van der Waals surface area contributed by atoms with E-state index in [1.54, 1.807) is 12.2 Å². The van der Waals surface area contributed by atoms with Gasteiger partial charge in [0.25, 0.3) is 0 Å². The van der Waals surface area contributed by atoms with Gasteiger partial charge in [0.05, 0.1) is 11.7 Å². The van der Waals surface area contributed by atoms with E-state index in [-0.39, 0.29) is 6.04 Å². The van der Waals surface area contributed by atoms with Gasteiger partial charge in [0.2, 0.25) is 0 Å². The Morgan fingerprint density at radius 3 is 2.55 bits per heavy atom. The van der Waals surface area contributed by atoms with Crippen LogP contribution in [-0.4, -0.2) is 12.6 Å². The first-order valence-electron chi connectivity index (χ1n) is 7.19. The molecule has 0 aliphatic carbocycles. The highest BCUT2D eigenvalue weighted by Gasteiger charge is 2.10. The van der Waals surface area contributed by atoms with E-state index < -0.39 is 0 Å². The van der Waals surface area contributed by atoms with Gasteiger partial charge in [-0.1, -0.05) is 49.6 Å². The normalized spacial score (nSPS) is 15.0.